The van der Waals surface area contributed by atoms with Crippen LogP contribution in [0.2, 0.25) is 0 Å². The van der Waals surface area contributed by atoms with Crippen molar-refractivity contribution in [2.24, 2.45) is 0 Å². The first-order valence-electron chi connectivity index (χ1n) is 8.50. The molecule has 1 aliphatic carbocycles. The SMILES string of the molecule is O=C(Nc1ccc(Nc2ccc(F)cc2F)cc1)NC1CCCCC1. The maximum absolute atomic E-state index is 13.6. The molecule has 1 aliphatic rings. The van der Waals surface area contributed by atoms with Crippen molar-refractivity contribution in [3.8, 4) is 0 Å². The third-order valence-corrected chi connectivity index (χ3v) is 4.29. The molecule has 0 unspecified atom stereocenters. The highest BCUT2D eigenvalue weighted by atomic mass is 19.1. The topological polar surface area (TPSA) is 53.2 Å². The van der Waals surface area contributed by atoms with Crippen molar-refractivity contribution in [1.29, 1.82) is 0 Å². The van der Waals surface area contributed by atoms with E-state index in [-0.39, 0.29) is 17.8 Å². The lowest BCUT2D eigenvalue weighted by Gasteiger charge is -2.22. The average Bonchev–Trinajstić information content (AvgIpc) is 2.60. The van der Waals surface area contributed by atoms with Crippen LogP contribution in [0.4, 0.5) is 30.6 Å². The Hall–Kier alpha value is -2.63. The van der Waals surface area contributed by atoms with Crippen molar-refractivity contribution in [2.75, 3.05) is 10.6 Å². The number of hydrogen-bond acceptors (Lipinski definition) is 2. The molecule has 0 aliphatic heterocycles. The third-order valence-electron chi connectivity index (χ3n) is 4.29. The number of anilines is 3. The molecule has 0 saturated heterocycles. The zero-order chi connectivity index (χ0) is 17.6. The first-order valence-corrected chi connectivity index (χ1v) is 8.50. The van der Waals surface area contributed by atoms with Crippen LogP contribution in [-0.4, -0.2) is 12.1 Å². The van der Waals surface area contributed by atoms with Crippen LogP contribution in [0.15, 0.2) is 42.5 Å². The van der Waals surface area contributed by atoms with Gasteiger partial charge in [0.1, 0.15) is 11.6 Å². The summed E-state index contributed by atoms with van der Waals surface area (Å²) in [5.41, 5.74) is 1.49. The molecule has 0 atom stereocenters. The normalized spacial score (nSPS) is 14.8. The predicted octanol–water partition coefficient (Wildman–Crippen LogP) is 5.16. The van der Waals surface area contributed by atoms with Gasteiger partial charge in [0.2, 0.25) is 0 Å². The van der Waals surface area contributed by atoms with Crippen LogP contribution < -0.4 is 16.0 Å². The lowest BCUT2D eigenvalue weighted by Crippen LogP contribution is -2.38. The first kappa shape index (κ1) is 17.2. The second kappa shape index (κ2) is 7.96. The molecule has 1 fully saturated rings. The molecule has 2 aromatic rings. The fraction of sp³-hybridized carbons (Fsp3) is 0.316. The Morgan fingerprint density at radius 2 is 1.60 bits per heavy atom. The molecule has 0 radical (unpaired) electrons. The van der Waals surface area contributed by atoms with Crippen LogP contribution in [-0.2, 0) is 0 Å². The fourth-order valence-corrected chi connectivity index (χ4v) is 2.98. The van der Waals surface area contributed by atoms with Gasteiger partial charge >= 0.3 is 6.03 Å². The minimum atomic E-state index is -0.658. The predicted molar refractivity (Wildman–Crippen MR) is 95.1 cm³/mol. The van der Waals surface area contributed by atoms with Gasteiger partial charge in [-0.3, -0.25) is 0 Å². The highest BCUT2D eigenvalue weighted by Gasteiger charge is 2.15. The van der Waals surface area contributed by atoms with Crippen LogP contribution in [0.1, 0.15) is 32.1 Å². The molecule has 3 N–H and O–H groups in total. The molecule has 4 nitrogen and oxygen atoms in total. The molecule has 0 heterocycles. The molecule has 0 bridgehead atoms. The van der Waals surface area contributed by atoms with Gasteiger partial charge in [-0.25, -0.2) is 13.6 Å². The summed E-state index contributed by atoms with van der Waals surface area (Å²) in [6, 6.07) is 10.3. The van der Waals surface area contributed by atoms with E-state index in [0.717, 1.165) is 31.7 Å². The van der Waals surface area contributed by atoms with E-state index in [9.17, 15) is 13.6 Å². The zero-order valence-corrected chi connectivity index (χ0v) is 13.8. The van der Waals surface area contributed by atoms with Crippen LogP contribution in [0.25, 0.3) is 0 Å². The molecule has 0 spiro atoms. The Morgan fingerprint density at radius 1 is 0.920 bits per heavy atom. The summed E-state index contributed by atoms with van der Waals surface area (Å²) in [5, 5.41) is 8.66. The van der Waals surface area contributed by atoms with E-state index in [1.165, 1.54) is 18.6 Å². The number of amides is 2. The number of nitrogens with one attached hydrogen (secondary N) is 3. The summed E-state index contributed by atoms with van der Waals surface area (Å²) in [6.07, 6.45) is 5.61. The van der Waals surface area contributed by atoms with Crippen molar-refractivity contribution in [3.63, 3.8) is 0 Å². The van der Waals surface area contributed by atoms with Gasteiger partial charge in [-0.1, -0.05) is 19.3 Å². The van der Waals surface area contributed by atoms with Crippen molar-refractivity contribution >= 4 is 23.1 Å². The molecule has 2 amide bonds. The van der Waals surface area contributed by atoms with Gasteiger partial charge in [0, 0.05) is 23.5 Å². The molecule has 6 heteroatoms. The monoisotopic (exact) mass is 345 g/mol. The van der Waals surface area contributed by atoms with Crippen LogP contribution in [0.3, 0.4) is 0 Å². The van der Waals surface area contributed by atoms with E-state index in [1.807, 2.05) is 0 Å². The molecule has 25 heavy (non-hydrogen) atoms. The Balaban J connectivity index is 1.55. The molecule has 0 aromatic heterocycles. The zero-order valence-electron chi connectivity index (χ0n) is 13.8. The Kier molecular flexibility index (Phi) is 5.48. The highest BCUT2D eigenvalue weighted by molar-refractivity contribution is 5.89. The molecule has 2 aromatic carbocycles. The van der Waals surface area contributed by atoms with Crippen molar-refractivity contribution in [1.82, 2.24) is 5.32 Å². The van der Waals surface area contributed by atoms with E-state index in [0.29, 0.717) is 11.4 Å². The van der Waals surface area contributed by atoms with E-state index in [4.69, 9.17) is 0 Å². The summed E-state index contributed by atoms with van der Waals surface area (Å²) >= 11 is 0. The smallest absolute Gasteiger partial charge is 0.319 e. The second-order valence-electron chi connectivity index (χ2n) is 6.26. The number of rotatable bonds is 4. The maximum atomic E-state index is 13.6. The van der Waals surface area contributed by atoms with Gasteiger partial charge in [0.25, 0.3) is 0 Å². The molecule has 1 saturated carbocycles. The van der Waals surface area contributed by atoms with Crippen molar-refractivity contribution in [2.45, 2.75) is 38.1 Å². The van der Waals surface area contributed by atoms with Gasteiger partial charge in [0.15, 0.2) is 0 Å². The molecular weight excluding hydrogens is 324 g/mol. The Labute approximate surface area is 145 Å². The largest absolute Gasteiger partial charge is 0.353 e. The van der Waals surface area contributed by atoms with Gasteiger partial charge in [-0.05, 0) is 49.2 Å². The van der Waals surface area contributed by atoms with Crippen LogP contribution >= 0.6 is 0 Å². The van der Waals surface area contributed by atoms with Crippen LogP contribution in [0, 0.1) is 11.6 Å². The summed E-state index contributed by atoms with van der Waals surface area (Å²) in [6.45, 7) is 0. The number of hydrogen-bond donors (Lipinski definition) is 3. The van der Waals surface area contributed by atoms with Gasteiger partial charge in [-0.15, -0.1) is 0 Å². The minimum Gasteiger partial charge on any atom is -0.353 e. The van der Waals surface area contributed by atoms with Gasteiger partial charge in [0.05, 0.1) is 5.69 Å². The summed E-state index contributed by atoms with van der Waals surface area (Å²) in [4.78, 5) is 12.0. The van der Waals surface area contributed by atoms with E-state index in [1.54, 1.807) is 24.3 Å². The molecule has 3 rings (SSSR count). The second-order valence-corrected chi connectivity index (χ2v) is 6.26. The summed E-state index contributed by atoms with van der Waals surface area (Å²) in [5.74, 6) is -1.28. The first-order chi connectivity index (χ1) is 12.1. The number of carbonyl (C=O) groups is 1. The van der Waals surface area contributed by atoms with Crippen molar-refractivity contribution < 1.29 is 13.6 Å². The number of halogens is 2. The average molecular weight is 345 g/mol. The fourth-order valence-electron chi connectivity index (χ4n) is 2.98. The Bertz CT molecular complexity index is 728. The van der Waals surface area contributed by atoms with Crippen molar-refractivity contribution in [3.05, 3.63) is 54.1 Å². The lowest BCUT2D eigenvalue weighted by molar-refractivity contribution is 0.244. The van der Waals surface area contributed by atoms with Crippen LogP contribution in [0.5, 0.6) is 0 Å². The van der Waals surface area contributed by atoms with Gasteiger partial charge < -0.3 is 16.0 Å². The lowest BCUT2D eigenvalue weighted by atomic mass is 9.96. The summed E-state index contributed by atoms with van der Waals surface area (Å²) < 4.78 is 26.6. The number of urea groups is 1. The number of benzene rings is 2. The van der Waals surface area contributed by atoms with Gasteiger partial charge in [-0.2, -0.15) is 0 Å². The minimum absolute atomic E-state index is 0.192. The third kappa shape index (κ3) is 4.92. The maximum Gasteiger partial charge on any atom is 0.319 e. The Morgan fingerprint density at radius 3 is 2.28 bits per heavy atom. The van der Waals surface area contributed by atoms with E-state index in [2.05, 4.69) is 16.0 Å². The number of carbonyl (C=O) groups excluding carboxylic acids is 1. The molecular formula is C19H21F2N3O. The summed E-state index contributed by atoms with van der Waals surface area (Å²) in [7, 11) is 0. The van der Waals surface area contributed by atoms with E-state index < -0.39 is 11.6 Å². The highest BCUT2D eigenvalue weighted by Crippen LogP contribution is 2.22. The standard InChI is InChI=1S/C19H21F2N3O/c20-13-6-11-18(17(21)12-13)22-15-7-9-16(10-8-15)24-19(25)23-14-4-2-1-3-5-14/h6-12,14,22H,1-5H2,(H2,23,24,25). The van der Waals surface area contributed by atoms with E-state index >= 15 is 0 Å². The quantitative estimate of drug-likeness (QED) is 0.717. The molecule has 132 valence electrons.